The normalized spacial score (nSPS) is 33.6. The van der Waals surface area contributed by atoms with Gasteiger partial charge in [-0.15, -0.1) is 0 Å². The molecule has 3 heteroatoms. The molecule has 0 aromatic heterocycles. The second kappa shape index (κ2) is 3.46. The number of hydrogen-bond acceptors (Lipinski definition) is 1. The van der Waals surface area contributed by atoms with Crippen LogP contribution in [0.3, 0.4) is 0 Å². The Morgan fingerprint density at radius 1 is 1.88 bits per heavy atom. The van der Waals surface area contributed by atoms with Crippen LogP contribution in [0.4, 0.5) is 0 Å². The van der Waals surface area contributed by atoms with Crippen molar-refractivity contribution in [2.75, 3.05) is 15.9 Å². The summed E-state index contributed by atoms with van der Waals surface area (Å²) in [5.41, 5.74) is 0. The van der Waals surface area contributed by atoms with Gasteiger partial charge in [0.2, 0.25) is 0 Å². The molecule has 8 heavy (non-hydrogen) atoms. The van der Waals surface area contributed by atoms with E-state index < -0.39 is 20.1 Å². The average molecular weight is 339 g/mol. The van der Waals surface area contributed by atoms with E-state index >= 15 is 0 Å². The molecule has 1 N–H and O–H groups in total. The summed E-state index contributed by atoms with van der Waals surface area (Å²) in [6.07, 6.45) is 0. The average Bonchev–Trinajstić information content (AvgIpc) is 2.14. The first kappa shape index (κ1) is 7.40. The Labute approximate surface area is 68.1 Å². The predicted octanol–water partition coefficient (Wildman–Crippen LogP) is 1.41. The Kier molecular flexibility index (Phi) is 3.20. The van der Waals surface area contributed by atoms with Crippen LogP contribution in [0.1, 0.15) is 0 Å². The van der Waals surface area contributed by atoms with Gasteiger partial charge in [0, 0.05) is 0 Å². The van der Waals surface area contributed by atoms with Gasteiger partial charge < -0.3 is 0 Å². The molecule has 0 unspecified atom stereocenters. The molecule has 0 spiro atoms. The van der Waals surface area contributed by atoms with Crippen molar-refractivity contribution in [3.63, 3.8) is 0 Å². The van der Waals surface area contributed by atoms with E-state index in [0.717, 1.165) is 3.92 Å². The summed E-state index contributed by atoms with van der Waals surface area (Å²) >= 11 is -0.232. The molecule has 1 nitrogen and oxygen atoms in total. The molecule has 1 atom stereocenters. The van der Waals surface area contributed by atoms with E-state index in [1.54, 1.807) is 0 Å². The molecular formula is C5H11I2N. The van der Waals surface area contributed by atoms with Gasteiger partial charge >= 0.3 is 68.7 Å². The number of rotatable bonds is 1. The van der Waals surface area contributed by atoms with Gasteiger partial charge in [-0.1, -0.05) is 0 Å². The number of nitrogens with one attached hydrogen (secondary N) is 1. The van der Waals surface area contributed by atoms with Crippen molar-refractivity contribution in [1.82, 2.24) is 3.53 Å². The standard InChI is InChI=1S/C5H11I2N/c1-6-5-3-7(2)8-4-5/h5,8H,1,3-4H2,2H3/t5-/m0/s1. The molecule has 0 aromatic rings. The van der Waals surface area contributed by atoms with Crippen molar-refractivity contribution in [2.24, 2.45) is 0 Å². The maximum absolute atomic E-state index is 4.00. The fourth-order valence-electron chi connectivity index (χ4n) is 0.671. The second-order valence-corrected chi connectivity index (χ2v) is 9.49. The van der Waals surface area contributed by atoms with Crippen molar-refractivity contribution in [2.45, 2.75) is 3.92 Å². The Bertz CT molecular complexity index is 94.4. The minimum atomic E-state index is -0.535. The summed E-state index contributed by atoms with van der Waals surface area (Å²) in [5.74, 6) is 0. The molecule has 1 aliphatic rings. The molecule has 1 rings (SSSR count). The van der Waals surface area contributed by atoms with Crippen molar-refractivity contribution >= 4 is 45.3 Å². The van der Waals surface area contributed by atoms with E-state index in [2.05, 4.69) is 13.0 Å². The zero-order valence-corrected chi connectivity index (χ0v) is 9.27. The first-order valence-corrected chi connectivity index (χ1v) is 10.0. The van der Waals surface area contributed by atoms with Gasteiger partial charge in [-0.2, -0.15) is 0 Å². The third-order valence-electron chi connectivity index (χ3n) is 1.14. The fourth-order valence-corrected chi connectivity index (χ4v) is 10.5. The van der Waals surface area contributed by atoms with Crippen LogP contribution in [-0.2, 0) is 0 Å². The quantitative estimate of drug-likeness (QED) is 0.433. The monoisotopic (exact) mass is 339 g/mol. The van der Waals surface area contributed by atoms with E-state index in [1.165, 1.54) is 11.0 Å². The van der Waals surface area contributed by atoms with E-state index in [1.807, 2.05) is 0 Å². The van der Waals surface area contributed by atoms with E-state index in [-0.39, 0.29) is 0 Å². The number of halogens is 2. The van der Waals surface area contributed by atoms with Gasteiger partial charge in [-0.05, 0) is 0 Å². The molecule has 1 heterocycles. The molecule has 1 saturated heterocycles. The minimum absolute atomic E-state index is 0.303. The van der Waals surface area contributed by atoms with Crippen LogP contribution in [0.15, 0.2) is 0 Å². The van der Waals surface area contributed by atoms with E-state index in [9.17, 15) is 0 Å². The molecule has 1 fully saturated rings. The predicted molar refractivity (Wildman–Crippen MR) is 57.7 cm³/mol. The Hall–Kier alpha value is 1.29. The van der Waals surface area contributed by atoms with Crippen molar-refractivity contribution in [1.29, 1.82) is 0 Å². The topological polar surface area (TPSA) is 12.0 Å². The summed E-state index contributed by atoms with van der Waals surface area (Å²) in [7, 11) is 0. The van der Waals surface area contributed by atoms with Gasteiger partial charge in [-0.25, -0.2) is 0 Å². The van der Waals surface area contributed by atoms with Crippen molar-refractivity contribution < 1.29 is 0 Å². The SMILES string of the molecule is C=I[C@@H]1CNI(C)C1. The summed E-state index contributed by atoms with van der Waals surface area (Å²) in [5, 5.41) is 0. The maximum atomic E-state index is 4.00. The summed E-state index contributed by atoms with van der Waals surface area (Å²) < 4.78 is 10.1. The molecule has 0 aromatic carbocycles. The molecule has 0 saturated carbocycles. The van der Waals surface area contributed by atoms with E-state index in [4.69, 9.17) is 0 Å². The first-order valence-electron chi connectivity index (χ1n) is 2.49. The van der Waals surface area contributed by atoms with Gasteiger partial charge in [-0.3, -0.25) is 0 Å². The third-order valence-corrected chi connectivity index (χ3v) is 9.08. The zero-order valence-electron chi connectivity index (χ0n) is 4.95. The van der Waals surface area contributed by atoms with Crippen LogP contribution in [0.25, 0.3) is 0 Å². The molecule has 0 amide bonds. The Morgan fingerprint density at radius 3 is 2.88 bits per heavy atom. The van der Waals surface area contributed by atoms with Crippen molar-refractivity contribution in [3.8, 4) is 0 Å². The van der Waals surface area contributed by atoms with Gasteiger partial charge in [0.25, 0.3) is 0 Å². The Balaban J connectivity index is 2.32. The van der Waals surface area contributed by atoms with Crippen LogP contribution < -0.4 is 3.53 Å². The molecule has 50 valence electrons. The zero-order chi connectivity index (χ0) is 5.98. The molecule has 0 bridgehead atoms. The molecule has 1 aliphatic heterocycles. The first-order chi connectivity index (χ1) is 3.83. The Morgan fingerprint density at radius 2 is 2.62 bits per heavy atom. The van der Waals surface area contributed by atoms with Crippen LogP contribution in [0.5, 0.6) is 0 Å². The second-order valence-electron chi connectivity index (χ2n) is 1.83. The van der Waals surface area contributed by atoms with Gasteiger partial charge in [0.05, 0.1) is 0 Å². The van der Waals surface area contributed by atoms with Crippen LogP contribution in [0, 0.1) is 0 Å². The summed E-state index contributed by atoms with van der Waals surface area (Å²) in [6, 6.07) is 0. The van der Waals surface area contributed by atoms with Gasteiger partial charge in [0.15, 0.2) is 0 Å². The van der Waals surface area contributed by atoms with Crippen LogP contribution >= 0.6 is 40.8 Å². The summed E-state index contributed by atoms with van der Waals surface area (Å²) in [6.45, 7) is 1.30. The van der Waals surface area contributed by atoms with Crippen LogP contribution in [-0.4, -0.2) is 24.3 Å². The van der Waals surface area contributed by atoms with E-state index in [0.29, 0.717) is 20.7 Å². The van der Waals surface area contributed by atoms with Crippen LogP contribution in [0.2, 0.25) is 0 Å². The number of hydrogen-bond donors (Lipinski definition) is 1. The van der Waals surface area contributed by atoms with Crippen molar-refractivity contribution in [3.05, 3.63) is 0 Å². The fraction of sp³-hybridized carbons (Fsp3) is 0.800. The molecule has 0 radical (unpaired) electrons. The molecule has 0 aliphatic carbocycles. The summed E-state index contributed by atoms with van der Waals surface area (Å²) in [4.78, 5) is 2.41. The number of alkyl halides is 3. The third kappa shape index (κ3) is 1.91. The van der Waals surface area contributed by atoms with Gasteiger partial charge in [0.1, 0.15) is 0 Å². The molecular weight excluding hydrogens is 328 g/mol.